The number of allylic oxidation sites excluding steroid dienone is 1. The van der Waals surface area contributed by atoms with Crippen molar-refractivity contribution in [2.45, 2.75) is 0 Å². The zero-order chi connectivity index (χ0) is 15.2. The number of benzene rings is 2. The Hall–Kier alpha value is -2.93. The minimum Gasteiger partial charge on any atom is -0.493 e. The number of hydrogen-bond acceptors (Lipinski definition) is 4. The van der Waals surface area contributed by atoms with Gasteiger partial charge in [0.1, 0.15) is 6.07 Å². The first-order chi connectivity index (χ1) is 10.2. The third kappa shape index (κ3) is 2.98. The van der Waals surface area contributed by atoms with Gasteiger partial charge in [0.05, 0.1) is 25.5 Å². The molecule has 0 spiro atoms. The topological polar surface area (TPSA) is 68.3 Å². The predicted molar refractivity (Wildman–Crippen MR) is 82.6 cm³/mol. The fraction of sp³-hybridized carbons (Fsp3) is 0.118. The largest absolute Gasteiger partial charge is 0.493 e. The van der Waals surface area contributed by atoms with Crippen molar-refractivity contribution in [1.29, 1.82) is 5.26 Å². The molecule has 4 heteroatoms. The molecule has 0 atom stereocenters. The van der Waals surface area contributed by atoms with E-state index in [9.17, 15) is 5.26 Å². The van der Waals surface area contributed by atoms with Gasteiger partial charge in [-0.3, -0.25) is 0 Å². The summed E-state index contributed by atoms with van der Waals surface area (Å²) in [5.41, 5.74) is 8.50. The number of hydrogen-bond donors (Lipinski definition) is 1. The second kappa shape index (κ2) is 6.49. The van der Waals surface area contributed by atoms with Crippen molar-refractivity contribution in [3.05, 3.63) is 59.7 Å². The van der Waals surface area contributed by atoms with Crippen molar-refractivity contribution in [2.75, 3.05) is 14.2 Å². The number of ether oxygens (including phenoxy) is 2. The molecule has 4 nitrogen and oxygen atoms in total. The lowest BCUT2D eigenvalue weighted by Gasteiger charge is -2.11. The SMILES string of the molecule is COc1ccc(/C(N)=C(/C#N)c2ccccc2)cc1OC. The molecule has 106 valence electrons. The Kier molecular flexibility index (Phi) is 4.47. The number of nitrogens with two attached hydrogens (primary N) is 1. The van der Waals surface area contributed by atoms with Crippen LogP contribution in [0.3, 0.4) is 0 Å². The van der Waals surface area contributed by atoms with Crippen molar-refractivity contribution in [2.24, 2.45) is 5.73 Å². The van der Waals surface area contributed by atoms with Crippen LogP contribution in [0, 0.1) is 11.3 Å². The van der Waals surface area contributed by atoms with Crippen molar-refractivity contribution in [1.82, 2.24) is 0 Å². The Morgan fingerprint density at radius 3 is 2.19 bits per heavy atom. The fourth-order valence-corrected chi connectivity index (χ4v) is 2.03. The van der Waals surface area contributed by atoms with Gasteiger partial charge in [-0.15, -0.1) is 0 Å². The number of rotatable bonds is 4. The van der Waals surface area contributed by atoms with Crippen LogP contribution in [0.4, 0.5) is 0 Å². The number of methoxy groups -OCH3 is 2. The van der Waals surface area contributed by atoms with E-state index in [1.165, 1.54) is 0 Å². The van der Waals surface area contributed by atoms with Crippen LogP contribution in [-0.2, 0) is 0 Å². The predicted octanol–water partition coefficient (Wildman–Crippen LogP) is 3.05. The summed E-state index contributed by atoms with van der Waals surface area (Å²) >= 11 is 0. The van der Waals surface area contributed by atoms with Crippen LogP contribution in [0.25, 0.3) is 11.3 Å². The van der Waals surface area contributed by atoms with Crippen LogP contribution in [0.5, 0.6) is 11.5 Å². The highest BCUT2D eigenvalue weighted by atomic mass is 16.5. The molecule has 0 aromatic heterocycles. The van der Waals surface area contributed by atoms with Crippen molar-refractivity contribution in [3.63, 3.8) is 0 Å². The first kappa shape index (κ1) is 14.5. The Labute approximate surface area is 124 Å². The van der Waals surface area contributed by atoms with Gasteiger partial charge in [0.15, 0.2) is 11.5 Å². The van der Waals surface area contributed by atoms with Gasteiger partial charge in [0.25, 0.3) is 0 Å². The van der Waals surface area contributed by atoms with E-state index in [1.54, 1.807) is 32.4 Å². The minimum atomic E-state index is 0.407. The van der Waals surface area contributed by atoms with Crippen LogP contribution in [0.2, 0.25) is 0 Å². The third-order valence-electron chi connectivity index (χ3n) is 3.14. The number of nitriles is 1. The summed E-state index contributed by atoms with van der Waals surface area (Å²) in [4.78, 5) is 0. The Balaban J connectivity index is 2.54. The second-order valence-corrected chi connectivity index (χ2v) is 4.34. The molecule has 0 saturated carbocycles. The summed E-state index contributed by atoms with van der Waals surface area (Å²) in [6, 6.07) is 16.8. The van der Waals surface area contributed by atoms with Crippen LogP contribution in [-0.4, -0.2) is 14.2 Å². The maximum atomic E-state index is 9.39. The molecular formula is C17H16N2O2. The molecule has 2 aromatic rings. The highest BCUT2D eigenvalue weighted by Gasteiger charge is 2.11. The third-order valence-corrected chi connectivity index (χ3v) is 3.14. The normalized spacial score (nSPS) is 11.3. The molecule has 0 aliphatic rings. The zero-order valence-corrected chi connectivity index (χ0v) is 12.0. The highest BCUT2D eigenvalue weighted by Crippen LogP contribution is 2.31. The molecule has 0 radical (unpaired) electrons. The molecule has 0 heterocycles. The van der Waals surface area contributed by atoms with Gasteiger partial charge >= 0.3 is 0 Å². The smallest absolute Gasteiger partial charge is 0.161 e. The van der Waals surface area contributed by atoms with E-state index >= 15 is 0 Å². The first-order valence-electron chi connectivity index (χ1n) is 6.39. The molecule has 2 N–H and O–H groups in total. The van der Waals surface area contributed by atoms with Gasteiger partial charge in [-0.05, 0) is 23.8 Å². The average Bonchev–Trinajstić information content (AvgIpc) is 2.55. The molecular weight excluding hydrogens is 264 g/mol. The van der Waals surface area contributed by atoms with Gasteiger partial charge in [-0.1, -0.05) is 30.3 Å². The minimum absolute atomic E-state index is 0.407. The lowest BCUT2D eigenvalue weighted by molar-refractivity contribution is 0.355. The highest BCUT2D eigenvalue weighted by molar-refractivity contribution is 5.96. The number of nitrogens with zero attached hydrogens (tertiary/aromatic N) is 1. The molecule has 0 saturated heterocycles. The van der Waals surface area contributed by atoms with Crippen molar-refractivity contribution < 1.29 is 9.47 Å². The van der Waals surface area contributed by atoms with E-state index in [2.05, 4.69) is 6.07 Å². The zero-order valence-electron chi connectivity index (χ0n) is 12.0. The second-order valence-electron chi connectivity index (χ2n) is 4.34. The summed E-state index contributed by atoms with van der Waals surface area (Å²) in [7, 11) is 3.13. The van der Waals surface area contributed by atoms with Crippen LogP contribution in [0.15, 0.2) is 48.5 Å². The monoisotopic (exact) mass is 280 g/mol. The Morgan fingerprint density at radius 1 is 0.952 bits per heavy atom. The average molecular weight is 280 g/mol. The summed E-state index contributed by atoms with van der Waals surface area (Å²) in [6.45, 7) is 0. The maximum Gasteiger partial charge on any atom is 0.161 e. The van der Waals surface area contributed by atoms with Gasteiger partial charge in [-0.25, -0.2) is 0 Å². The molecule has 21 heavy (non-hydrogen) atoms. The van der Waals surface area contributed by atoms with E-state index in [0.717, 1.165) is 5.56 Å². The van der Waals surface area contributed by atoms with Crippen molar-refractivity contribution >= 4 is 11.3 Å². The lowest BCUT2D eigenvalue weighted by Crippen LogP contribution is -2.01. The van der Waals surface area contributed by atoms with E-state index in [0.29, 0.717) is 28.3 Å². The Bertz CT molecular complexity index is 700. The van der Waals surface area contributed by atoms with Gasteiger partial charge in [0.2, 0.25) is 0 Å². The molecule has 0 aliphatic heterocycles. The molecule has 2 aromatic carbocycles. The van der Waals surface area contributed by atoms with Crippen LogP contribution in [0.1, 0.15) is 11.1 Å². The summed E-state index contributed by atoms with van der Waals surface area (Å²) in [5.74, 6) is 1.19. The molecule has 0 fully saturated rings. The fourth-order valence-electron chi connectivity index (χ4n) is 2.03. The molecule has 2 rings (SSSR count). The molecule has 0 bridgehead atoms. The summed E-state index contributed by atoms with van der Waals surface area (Å²) in [6.07, 6.45) is 0. The summed E-state index contributed by atoms with van der Waals surface area (Å²) < 4.78 is 10.5. The van der Waals surface area contributed by atoms with E-state index < -0.39 is 0 Å². The maximum absolute atomic E-state index is 9.39. The van der Waals surface area contributed by atoms with Crippen LogP contribution < -0.4 is 15.2 Å². The van der Waals surface area contributed by atoms with Gasteiger partial charge < -0.3 is 15.2 Å². The van der Waals surface area contributed by atoms with E-state index in [4.69, 9.17) is 15.2 Å². The van der Waals surface area contributed by atoms with E-state index in [-0.39, 0.29) is 0 Å². The van der Waals surface area contributed by atoms with E-state index in [1.807, 2.05) is 30.3 Å². The Morgan fingerprint density at radius 2 is 1.62 bits per heavy atom. The molecule has 0 unspecified atom stereocenters. The van der Waals surface area contributed by atoms with Crippen LogP contribution >= 0.6 is 0 Å². The first-order valence-corrected chi connectivity index (χ1v) is 6.39. The molecule has 0 aliphatic carbocycles. The van der Waals surface area contributed by atoms with Gasteiger partial charge in [0, 0.05) is 5.56 Å². The standard InChI is InChI=1S/C17H16N2O2/c1-20-15-9-8-13(10-16(15)21-2)17(19)14(11-18)12-6-4-3-5-7-12/h3-10H,19H2,1-2H3/b17-14+. The quantitative estimate of drug-likeness (QED) is 0.690. The van der Waals surface area contributed by atoms with Gasteiger partial charge in [-0.2, -0.15) is 5.26 Å². The molecule has 0 amide bonds. The lowest BCUT2D eigenvalue weighted by atomic mass is 10.0. The summed E-state index contributed by atoms with van der Waals surface area (Å²) in [5, 5.41) is 9.39. The van der Waals surface area contributed by atoms with Crippen molar-refractivity contribution in [3.8, 4) is 17.6 Å².